The number of hydrogen-bond acceptors (Lipinski definition) is 4. The lowest BCUT2D eigenvalue weighted by Gasteiger charge is -2.32. The lowest BCUT2D eigenvalue weighted by Crippen LogP contribution is -2.47. The van der Waals surface area contributed by atoms with E-state index in [0.29, 0.717) is 25.1 Å². The number of piperazine rings is 1. The molecule has 136 valence electrons. The third-order valence-corrected chi connectivity index (χ3v) is 3.93. The molecule has 1 aliphatic heterocycles. The third-order valence-electron chi connectivity index (χ3n) is 3.93. The summed E-state index contributed by atoms with van der Waals surface area (Å²) in [5.74, 6) is -0.0540. The molecule has 24 heavy (non-hydrogen) atoms. The fraction of sp³-hybridized carbons (Fsp3) is 0.500. The Labute approximate surface area is 155 Å². The topological polar surface area (TPSA) is 78.7 Å². The minimum Gasteiger partial charge on any atom is -0.352 e. The van der Waals surface area contributed by atoms with E-state index in [1.54, 1.807) is 12.1 Å². The highest BCUT2D eigenvalue weighted by atomic mass is 35.5. The van der Waals surface area contributed by atoms with Crippen LogP contribution in [0.4, 0.5) is 0 Å². The van der Waals surface area contributed by atoms with Crippen LogP contribution in [0, 0.1) is 0 Å². The molecule has 2 rings (SSSR count). The zero-order valence-electron chi connectivity index (χ0n) is 13.9. The number of nitrogens with zero attached hydrogens (tertiary/aromatic N) is 2. The van der Waals surface area contributed by atoms with Crippen LogP contribution in [0.25, 0.3) is 0 Å². The Morgan fingerprint density at radius 1 is 1.08 bits per heavy atom. The quantitative estimate of drug-likeness (QED) is 0.799. The van der Waals surface area contributed by atoms with Crippen molar-refractivity contribution in [2.24, 2.45) is 5.73 Å². The number of halogens is 2. The molecule has 6 nitrogen and oxygen atoms in total. The van der Waals surface area contributed by atoms with Crippen molar-refractivity contribution >= 4 is 36.6 Å². The summed E-state index contributed by atoms with van der Waals surface area (Å²) in [5, 5.41) is 2.79. The summed E-state index contributed by atoms with van der Waals surface area (Å²) < 4.78 is 0. The monoisotopic (exact) mass is 376 g/mol. The molecule has 8 heteroatoms. The normalized spacial score (nSPS) is 14.3. The van der Waals surface area contributed by atoms with Crippen LogP contribution in [-0.4, -0.2) is 61.4 Å². The maximum atomic E-state index is 12.0. The number of likely N-dealkylation sites (N-methyl/N-ethyl adjacent to an activating group) is 1. The molecular weight excluding hydrogens is 351 g/mol. The van der Waals surface area contributed by atoms with Gasteiger partial charge in [-0.15, -0.1) is 24.8 Å². The summed E-state index contributed by atoms with van der Waals surface area (Å²) in [6.45, 7) is 4.18. The molecule has 1 saturated heterocycles. The minimum absolute atomic E-state index is 0. The number of benzene rings is 1. The van der Waals surface area contributed by atoms with Gasteiger partial charge in [-0.3, -0.25) is 9.59 Å². The van der Waals surface area contributed by atoms with E-state index in [1.165, 1.54) is 0 Å². The zero-order chi connectivity index (χ0) is 15.9. The van der Waals surface area contributed by atoms with Gasteiger partial charge in [0.25, 0.3) is 5.91 Å². The first-order valence-corrected chi connectivity index (χ1v) is 7.63. The molecular formula is C16H26Cl2N4O2. The number of rotatable bonds is 5. The van der Waals surface area contributed by atoms with E-state index in [2.05, 4.69) is 17.3 Å². The van der Waals surface area contributed by atoms with Gasteiger partial charge in [0, 0.05) is 51.3 Å². The predicted molar refractivity (Wildman–Crippen MR) is 99.9 cm³/mol. The molecule has 0 bridgehead atoms. The second kappa shape index (κ2) is 11.3. The first-order chi connectivity index (χ1) is 10.6. The Bertz CT molecular complexity index is 517. The number of nitrogens with one attached hydrogen (secondary N) is 1. The molecule has 1 aromatic rings. The van der Waals surface area contributed by atoms with Gasteiger partial charge in [-0.2, -0.15) is 0 Å². The van der Waals surface area contributed by atoms with E-state index in [4.69, 9.17) is 5.73 Å². The van der Waals surface area contributed by atoms with Gasteiger partial charge in [-0.05, 0) is 24.7 Å². The van der Waals surface area contributed by atoms with Crippen molar-refractivity contribution in [2.75, 3.05) is 39.8 Å². The van der Waals surface area contributed by atoms with Crippen LogP contribution in [0.15, 0.2) is 24.3 Å². The SMILES string of the molecule is CN1CCN(C(=O)CCNC(=O)c2ccc(CN)cc2)CC1.Cl.Cl. The zero-order valence-corrected chi connectivity index (χ0v) is 15.5. The molecule has 1 heterocycles. The second-order valence-corrected chi connectivity index (χ2v) is 5.59. The number of carbonyl (C=O) groups is 2. The largest absolute Gasteiger partial charge is 0.352 e. The molecule has 0 spiro atoms. The molecule has 0 saturated carbocycles. The van der Waals surface area contributed by atoms with Crippen LogP contribution in [0.2, 0.25) is 0 Å². The van der Waals surface area contributed by atoms with E-state index < -0.39 is 0 Å². The lowest BCUT2D eigenvalue weighted by molar-refractivity contribution is -0.132. The fourth-order valence-corrected chi connectivity index (χ4v) is 2.39. The molecule has 1 fully saturated rings. The van der Waals surface area contributed by atoms with Crippen LogP contribution in [-0.2, 0) is 11.3 Å². The maximum Gasteiger partial charge on any atom is 0.251 e. The van der Waals surface area contributed by atoms with Crippen LogP contribution in [0.5, 0.6) is 0 Å². The Kier molecular flexibility index (Phi) is 10.6. The van der Waals surface area contributed by atoms with Gasteiger partial charge in [-0.1, -0.05) is 12.1 Å². The maximum absolute atomic E-state index is 12.0. The standard InChI is InChI=1S/C16H24N4O2.2ClH/c1-19-8-10-20(11-9-19)15(21)6-7-18-16(22)14-4-2-13(12-17)3-5-14;;/h2-5H,6-12,17H2,1H3,(H,18,22);2*1H. The summed E-state index contributed by atoms with van der Waals surface area (Å²) in [5.41, 5.74) is 7.10. The highest BCUT2D eigenvalue weighted by Gasteiger charge is 2.18. The minimum atomic E-state index is -0.158. The van der Waals surface area contributed by atoms with E-state index >= 15 is 0 Å². The molecule has 2 amide bonds. The van der Waals surface area contributed by atoms with Crippen molar-refractivity contribution in [1.29, 1.82) is 0 Å². The highest BCUT2D eigenvalue weighted by Crippen LogP contribution is 2.04. The molecule has 0 radical (unpaired) electrons. The van der Waals surface area contributed by atoms with Crippen molar-refractivity contribution in [2.45, 2.75) is 13.0 Å². The molecule has 3 N–H and O–H groups in total. The predicted octanol–water partition coefficient (Wildman–Crippen LogP) is 0.883. The van der Waals surface area contributed by atoms with Gasteiger partial charge in [0.05, 0.1) is 0 Å². The smallest absolute Gasteiger partial charge is 0.251 e. The van der Waals surface area contributed by atoms with Crippen molar-refractivity contribution in [1.82, 2.24) is 15.1 Å². The average molecular weight is 377 g/mol. The molecule has 0 unspecified atom stereocenters. The second-order valence-electron chi connectivity index (χ2n) is 5.59. The summed E-state index contributed by atoms with van der Waals surface area (Å²) in [7, 11) is 2.05. The summed E-state index contributed by atoms with van der Waals surface area (Å²) in [6, 6.07) is 7.17. The number of nitrogens with two attached hydrogens (primary N) is 1. The first-order valence-electron chi connectivity index (χ1n) is 7.63. The Hall–Kier alpha value is -1.34. The lowest BCUT2D eigenvalue weighted by atomic mass is 10.1. The van der Waals surface area contributed by atoms with E-state index in [9.17, 15) is 9.59 Å². The van der Waals surface area contributed by atoms with Crippen LogP contribution in [0.3, 0.4) is 0 Å². The van der Waals surface area contributed by atoms with Crippen LogP contribution < -0.4 is 11.1 Å². The summed E-state index contributed by atoms with van der Waals surface area (Å²) >= 11 is 0. The summed E-state index contributed by atoms with van der Waals surface area (Å²) in [6.07, 6.45) is 0.344. The van der Waals surface area contributed by atoms with E-state index in [1.807, 2.05) is 17.0 Å². The summed E-state index contributed by atoms with van der Waals surface area (Å²) in [4.78, 5) is 28.1. The van der Waals surface area contributed by atoms with Gasteiger partial charge in [0.1, 0.15) is 0 Å². The van der Waals surface area contributed by atoms with E-state index in [-0.39, 0.29) is 36.6 Å². The fourth-order valence-electron chi connectivity index (χ4n) is 2.39. The van der Waals surface area contributed by atoms with Gasteiger partial charge >= 0.3 is 0 Å². The molecule has 0 atom stereocenters. The molecule has 1 aliphatic rings. The average Bonchev–Trinajstić information content (AvgIpc) is 2.55. The Morgan fingerprint density at radius 3 is 2.21 bits per heavy atom. The van der Waals surface area contributed by atoms with Gasteiger partial charge in [-0.25, -0.2) is 0 Å². The van der Waals surface area contributed by atoms with Gasteiger partial charge in [0.15, 0.2) is 0 Å². The Balaban J connectivity index is 0.00000264. The van der Waals surface area contributed by atoms with Crippen molar-refractivity contribution < 1.29 is 9.59 Å². The number of hydrogen-bond donors (Lipinski definition) is 2. The van der Waals surface area contributed by atoms with Crippen LogP contribution in [0.1, 0.15) is 22.3 Å². The van der Waals surface area contributed by atoms with E-state index in [0.717, 1.165) is 31.7 Å². The highest BCUT2D eigenvalue weighted by molar-refractivity contribution is 5.94. The van der Waals surface area contributed by atoms with Crippen LogP contribution >= 0.6 is 24.8 Å². The van der Waals surface area contributed by atoms with Gasteiger partial charge < -0.3 is 20.9 Å². The van der Waals surface area contributed by atoms with Crippen molar-refractivity contribution in [3.05, 3.63) is 35.4 Å². The molecule has 0 aromatic heterocycles. The van der Waals surface area contributed by atoms with Crippen molar-refractivity contribution in [3.63, 3.8) is 0 Å². The molecule has 0 aliphatic carbocycles. The Morgan fingerprint density at radius 2 is 1.67 bits per heavy atom. The van der Waals surface area contributed by atoms with Gasteiger partial charge in [0.2, 0.25) is 5.91 Å². The third kappa shape index (κ3) is 6.65. The van der Waals surface area contributed by atoms with Crippen molar-refractivity contribution in [3.8, 4) is 0 Å². The molecule has 1 aromatic carbocycles. The number of carbonyl (C=O) groups excluding carboxylic acids is 2. The first kappa shape index (κ1) is 22.7. The number of amides is 2.